The van der Waals surface area contributed by atoms with Gasteiger partial charge < -0.3 is 10.1 Å². The van der Waals surface area contributed by atoms with Crippen molar-refractivity contribution < 1.29 is 9.53 Å². The van der Waals surface area contributed by atoms with Crippen LogP contribution in [0.3, 0.4) is 0 Å². The molecular weight excluding hydrogens is 254 g/mol. The number of nitrogens with one attached hydrogen (secondary N) is 1. The second-order valence-corrected chi connectivity index (χ2v) is 5.07. The molecule has 1 amide bonds. The third-order valence-corrected chi connectivity index (χ3v) is 3.38. The van der Waals surface area contributed by atoms with Gasteiger partial charge in [0.25, 0.3) is 5.91 Å². The second-order valence-electron chi connectivity index (χ2n) is 5.07. The summed E-state index contributed by atoms with van der Waals surface area (Å²) >= 11 is 0. The Morgan fingerprint density at radius 3 is 3.00 bits per heavy atom. The molecule has 2 aromatic rings. The highest BCUT2D eigenvalue weighted by atomic mass is 16.5. The van der Waals surface area contributed by atoms with E-state index in [-0.39, 0.29) is 5.91 Å². The molecule has 0 spiro atoms. The Kier molecular flexibility index (Phi) is 3.18. The minimum atomic E-state index is -0.204. The van der Waals surface area contributed by atoms with Crippen LogP contribution in [0.4, 0.5) is 5.69 Å². The second kappa shape index (κ2) is 5.00. The topological polar surface area (TPSA) is 56.2 Å². The third kappa shape index (κ3) is 2.39. The molecule has 3 rings (SSSR count). The van der Waals surface area contributed by atoms with Gasteiger partial charge in [0.15, 0.2) is 5.69 Å². The molecular formula is C15H17N3O2. The lowest BCUT2D eigenvalue weighted by molar-refractivity contribution is 0.102. The van der Waals surface area contributed by atoms with Gasteiger partial charge in [-0.25, -0.2) is 4.68 Å². The van der Waals surface area contributed by atoms with Gasteiger partial charge in [0.2, 0.25) is 5.88 Å². The van der Waals surface area contributed by atoms with Gasteiger partial charge >= 0.3 is 0 Å². The fraction of sp³-hybridized carbons (Fsp3) is 0.333. The number of hydrogen-bond donors (Lipinski definition) is 1. The first-order valence-electron chi connectivity index (χ1n) is 6.73. The van der Waals surface area contributed by atoms with Gasteiger partial charge in [-0.1, -0.05) is 12.1 Å². The maximum atomic E-state index is 12.3. The van der Waals surface area contributed by atoms with E-state index in [0.29, 0.717) is 18.2 Å². The number of ether oxygens (including phenoxy) is 1. The average molecular weight is 271 g/mol. The number of hydrogen-bond acceptors (Lipinski definition) is 3. The third-order valence-electron chi connectivity index (χ3n) is 3.38. The lowest BCUT2D eigenvalue weighted by Crippen LogP contribution is -2.16. The number of benzene rings is 1. The summed E-state index contributed by atoms with van der Waals surface area (Å²) in [6, 6.07) is 7.67. The summed E-state index contributed by atoms with van der Waals surface area (Å²) < 4.78 is 7.21. The van der Waals surface area contributed by atoms with E-state index < -0.39 is 0 Å². The zero-order valence-corrected chi connectivity index (χ0v) is 11.6. The molecule has 0 saturated carbocycles. The van der Waals surface area contributed by atoms with Crippen LogP contribution in [-0.4, -0.2) is 22.3 Å². The predicted molar refractivity (Wildman–Crippen MR) is 76.2 cm³/mol. The van der Waals surface area contributed by atoms with Crippen LogP contribution in [-0.2, 0) is 6.54 Å². The molecule has 1 aromatic carbocycles. The van der Waals surface area contributed by atoms with Gasteiger partial charge in [0.05, 0.1) is 6.61 Å². The van der Waals surface area contributed by atoms with Crippen LogP contribution in [0.1, 0.15) is 28.0 Å². The highest BCUT2D eigenvalue weighted by Gasteiger charge is 2.18. The first-order chi connectivity index (χ1) is 9.63. The van der Waals surface area contributed by atoms with E-state index in [1.807, 2.05) is 32.0 Å². The van der Waals surface area contributed by atoms with E-state index in [0.717, 1.165) is 29.8 Å². The van der Waals surface area contributed by atoms with Crippen LogP contribution in [0.25, 0.3) is 0 Å². The summed E-state index contributed by atoms with van der Waals surface area (Å²) in [7, 11) is 0. The number of fused-ring (bicyclic) bond motifs is 1. The number of amides is 1. The molecule has 0 atom stereocenters. The highest BCUT2D eigenvalue weighted by molar-refractivity contribution is 6.03. The Morgan fingerprint density at radius 2 is 2.20 bits per heavy atom. The van der Waals surface area contributed by atoms with Crippen molar-refractivity contribution in [1.29, 1.82) is 0 Å². The van der Waals surface area contributed by atoms with Crippen LogP contribution in [0.5, 0.6) is 5.88 Å². The van der Waals surface area contributed by atoms with E-state index in [2.05, 4.69) is 10.4 Å². The van der Waals surface area contributed by atoms with Crippen LogP contribution in [0.15, 0.2) is 24.3 Å². The predicted octanol–water partition coefficient (Wildman–Crippen LogP) is 2.53. The molecule has 1 aliphatic heterocycles. The molecule has 0 bridgehead atoms. The number of carbonyl (C=O) groups is 1. The summed E-state index contributed by atoms with van der Waals surface area (Å²) in [5.41, 5.74) is 3.35. The van der Waals surface area contributed by atoms with E-state index in [1.165, 1.54) is 0 Å². The monoisotopic (exact) mass is 271 g/mol. The number of anilines is 1. The maximum absolute atomic E-state index is 12.3. The molecule has 5 heteroatoms. The fourth-order valence-electron chi connectivity index (χ4n) is 2.23. The van der Waals surface area contributed by atoms with Crippen molar-refractivity contribution in [2.75, 3.05) is 11.9 Å². The van der Waals surface area contributed by atoms with E-state index in [4.69, 9.17) is 4.74 Å². The quantitative estimate of drug-likeness (QED) is 0.913. The maximum Gasteiger partial charge on any atom is 0.276 e. The van der Waals surface area contributed by atoms with Crippen LogP contribution in [0.2, 0.25) is 0 Å². The number of aryl methyl sites for hydroxylation is 3. The van der Waals surface area contributed by atoms with Crippen LogP contribution < -0.4 is 10.1 Å². The molecule has 0 aliphatic carbocycles. The lowest BCUT2D eigenvalue weighted by atomic mass is 10.1. The molecule has 104 valence electrons. The van der Waals surface area contributed by atoms with E-state index >= 15 is 0 Å². The Hall–Kier alpha value is -2.30. The molecule has 0 fully saturated rings. The first kappa shape index (κ1) is 12.7. The summed E-state index contributed by atoms with van der Waals surface area (Å²) in [4.78, 5) is 12.3. The van der Waals surface area contributed by atoms with Gasteiger partial charge in [-0.3, -0.25) is 4.79 Å². The molecule has 0 unspecified atom stereocenters. The van der Waals surface area contributed by atoms with Crippen LogP contribution >= 0.6 is 0 Å². The minimum Gasteiger partial charge on any atom is -0.478 e. The number of carbonyl (C=O) groups excluding carboxylic acids is 1. The zero-order valence-electron chi connectivity index (χ0n) is 11.6. The van der Waals surface area contributed by atoms with Crippen molar-refractivity contribution in [3.8, 4) is 5.88 Å². The summed E-state index contributed by atoms with van der Waals surface area (Å²) in [5.74, 6) is 0.464. The van der Waals surface area contributed by atoms with Gasteiger partial charge in [-0.05, 0) is 31.0 Å². The lowest BCUT2D eigenvalue weighted by Gasteiger charge is -2.13. The number of rotatable bonds is 2. The molecule has 0 radical (unpaired) electrons. The van der Waals surface area contributed by atoms with Crippen molar-refractivity contribution in [2.45, 2.75) is 26.8 Å². The molecule has 2 heterocycles. The average Bonchev–Trinajstić information content (AvgIpc) is 2.87. The van der Waals surface area contributed by atoms with Gasteiger partial charge in [0, 0.05) is 24.7 Å². The molecule has 1 aromatic heterocycles. The molecule has 20 heavy (non-hydrogen) atoms. The number of aromatic nitrogens is 2. The Balaban J connectivity index is 1.82. The summed E-state index contributed by atoms with van der Waals surface area (Å²) in [6.07, 6.45) is 0.923. The minimum absolute atomic E-state index is 0.204. The normalized spacial score (nSPS) is 13.5. The Morgan fingerprint density at radius 1 is 1.35 bits per heavy atom. The molecule has 1 N–H and O–H groups in total. The Bertz CT molecular complexity index is 638. The first-order valence-corrected chi connectivity index (χ1v) is 6.73. The summed E-state index contributed by atoms with van der Waals surface area (Å²) in [6.45, 7) is 5.45. The van der Waals surface area contributed by atoms with Crippen molar-refractivity contribution in [1.82, 2.24) is 9.78 Å². The van der Waals surface area contributed by atoms with Crippen LogP contribution in [0, 0.1) is 13.8 Å². The van der Waals surface area contributed by atoms with Crippen molar-refractivity contribution in [2.24, 2.45) is 0 Å². The standard InChI is InChI=1S/C15H17N3O2/c1-10-4-5-11(2)12(8-10)16-15(19)13-9-14-18(17-13)6-3-7-20-14/h4-5,8-9H,3,6-7H2,1-2H3,(H,16,19). The Labute approximate surface area is 117 Å². The van der Waals surface area contributed by atoms with E-state index in [9.17, 15) is 4.79 Å². The van der Waals surface area contributed by atoms with Crippen molar-refractivity contribution in [3.05, 3.63) is 41.1 Å². The van der Waals surface area contributed by atoms with E-state index in [1.54, 1.807) is 10.7 Å². The largest absolute Gasteiger partial charge is 0.478 e. The zero-order chi connectivity index (χ0) is 14.1. The van der Waals surface area contributed by atoms with Crippen molar-refractivity contribution in [3.63, 3.8) is 0 Å². The van der Waals surface area contributed by atoms with Gasteiger partial charge in [0.1, 0.15) is 0 Å². The smallest absolute Gasteiger partial charge is 0.276 e. The fourth-order valence-corrected chi connectivity index (χ4v) is 2.23. The molecule has 1 aliphatic rings. The molecule has 0 saturated heterocycles. The highest BCUT2D eigenvalue weighted by Crippen LogP contribution is 2.21. The van der Waals surface area contributed by atoms with Gasteiger partial charge in [-0.15, -0.1) is 0 Å². The van der Waals surface area contributed by atoms with Crippen molar-refractivity contribution >= 4 is 11.6 Å². The van der Waals surface area contributed by atoms with Gasteiger partial charge in [-0.2, -0.15) is 5.10 Å². The molecule has 5 nitrogen and oxygen atoms in total. The number of nitrogens with zero attached hydrogens (tertiary/aromatic N) is 2. The summed E-state index contributed by atoms with van der Waals surface area (Å²) in [5, 5.41) is 7.18. The SMILES string of the molecule is Cc1ccc(C)c(NC(=O)c2cc3n(n2)CCCO3)c1.